The SMILES string of the molecule is Cc1nc(NN)c(C)c(NC(C)(C)CC(N)=O)n1. The number of anilines is 2. The van der Waals surface area contributed by atoms with Crippen LogP contribution in [0.25, 0.3) is 0 Å². The van der Waals surface area contributed by atoms with Gasteiger partial charge in [0.1, 0.15) is 17.5 Å². The first-order chi connectivity index (χ1) is 8.25. The minimum Gasteiger partial charge on any atom is -0.370 e. The topological polar surface area (TPSA) is 119 Å². The Morgan fingerprint density at radius 1 is 1.28 bits per heavy atom. The molecule has 0 aliphatic rings. The summed E-state index contributed by atoms with van der Waals surface area (Å²) in [6, 6.07) is 0. The number of nitrogens with two attached hydrogens (primary N) is 2. The van der Waals surface area contributed by atoms with Crippen LogP contribution in [-0.2, 0) is 4.79 Å². The van der Waals surface area contributed by atoms with Gasteiger partial charge in [-0.3, -0.25) is 4.79 Å². The fraction of sp³-hybridized carbons (Fsp3) is 0.545. The van der Waals surface area contributed by atoms with Gasteiger partial charge in [-0.2, -0.15) is 0 Å². The highest BCUT2D eigenvalue weighted by atomic mass is 16.1. The summed E-state index contributed by atoms with van der Waals surface area (Å²) >= 11 is 0. The van der Waals surface area contributed by atoms with E-state index in [9.17, 15) is 4.79 Å². The average Bonchev–Trinajstić information content (AvgIpc) is 2.20. The lowest BCUT2D eigenvalue weighted by Gasteiger charge is -2.26. The van der Waals surface area contributed by atoms with Crippen LogP contribution in [0.4, 0.5) is 11.6 Å². The van der Waals surface area contributed by atoms with E-state index in [-0.39, 0.29) is 12.3 Å². The fourth-order valence-corrected chi connectivity index (χ4v) is 1.69. The number of primary amides is 1. The summed E-state index contributed by atoms with van der Waals surface area (Å²) in [7, 11) is 0. The number of hydrogen-bond donors (Lipinski definition) is 4. The Kier molecular flexibility index (Phi) is 4.07. The highest BCUT2D eigenvalue weighted by molar-refractivity contribution is 5.75. The molecule has 0 bridgehead atoms. The van der Waals surface area contributed by atoms with E-state index in [1.54, 1.807) is 6.92 Å². The Morgan fingerprint density at radius 2 is 1.83 bits per heavy atom. The van der Waals surface area contributed by atoms with Crippen molar-refractivity contribution in [2.45, 2.75) is 39.7 Å². The number of rotatable bonds is 5. The van der Waals surface area contributed by atoms with Gasteiger partial charge in [0, 0.05) is 17.5 Å². The summed E-state index contributed by atoms with van der Waals surface area (Å²) in [4.78, 5) is 19.5. The normalized spacial score (nSPS) is 11.2. The second-order valence-electron chi connectivity index (χ2n) is 4.89. The monoisotopic (exact) mass is 252 g/mol. The number of nitrogen functional groups attached to an aromatic ring is 1. The van der Waals surface area contributed by atoms with Crippen molar-refractivity contribution in [3.05, 3.63) is 11.4 Å². The summed E-state index contributed by atoms with van der Waals surface area (Å²) in [6.45, 7) is 7.37. The lowest BCUT2D eigenvalue weighted by Crippen LogP contribution is -2.36. The van der Waals surface area contributed by atoms with Gasteiger partial charge in [0.05, 0.1) is 0 Å². The smallest absolute Gasteiger partial charge is 0.219 e. The molecule has 0 radical (unpaired) electrons. The van der Waals surface area contributed by atoms with Crippen LogP contribution in [0.1, 0.15) is 31.7 Å². The Bertz CT molecular complexity index is 457. The molecule has 1 rings (SSSR count). The zero-order chi connectivity index (χ0) is 13.9. The number of hydrogen-bond acceptors (Lipinski definition) is 6. The summed E-state index contributed by atoms with van der Waals surface area (Å²) in [5, 5.41) is 3.19. The van der Waals surface area contributed by atoms with Crippen LogP contribution in [0.5, 0.6) is 0 Å². The minimum atomic E-state index is -0.483. The molecule has 0 atom stereocenters. The molecule has 0 fully saturated rings. The Morgan fingerprint density at radius 3 is 2.33 bits per heavy atom. The maximum Gasteiger partial charge on any atom is 0.219 e. The highest BCUT2D eigenvalue weighted by Gasteiger charge is 2.22. The fourth-order valence-electron chi connectivity index (χ4n) is 1.69. The van der Waals surface area contributed by atoms with Gasteiger partial charge in [0.15, 0.2) is 0 Å². The lowest BCUT2D eigenvalue weighted by molar-refractivity contribution is -0.118. The van der Waals surface area contributed by atoms with Crippen molar-refractivity contribution in [1.82, 2.24) is 9.97 Å². The van der Waals surface area contributed by atoms with E-state index in [1.165, 1.54) is 0 Å². The summed E-state index contributed by atoms with van der Waals surface area (Å²) in [5.41, 5.74) is 8.04. The number of amides is 1. The second-order valence-corrected chi connectivity index (χ2v) is 4.89. The van der Waals surface area contributed by atoms with Crippen LogP contribution in [0.3, 0.4) is 0 Å². The first kappa shape index (κ1) is 14.2. The highest BCUT2D eigenvalue weighted by Crippen LogP contribution is 2.23. The number of nitrogens with one attached hydrogen (secondary N) is 2. The van der Waals surface area contributed by atoms with Crippen molar-refractivity contribution in [1.29, 1.82) is 0 Å². The van der Waals surface area contributed by atoms with Crippen LogP contribution in [0, 0.1) is 13.8 Å². The third-order valence-electron chi connectivity index (χ3n) is 2.47. The maximum atomic E-state index is 11.0. The molecule has 0 spiro atoms. The van der Waals surface area contributed by atoms with Gasteiger partial charge in [-0.1, -0.05) is 0 Å². The predicted molar refractivity (Wildman–Crippen MR) is 70.8 cm³/mol. The second kappa shape index (κ2) is 5.18. The van der Waals surface area contributed by atoms with Gasteiger partial charge in [0.2, 0.25) is 5.91 Å². The van der Waals surface area contributed by atoms with Gasteiger partial charge >= 0.3 is 0 Å². The number of nitrogens with zero attached hydrogens (tertiary/aromatic N) is 2. The molecule has 7 heteroatoms. The first-order valence-electron chi connectivity index (χ1n) is 5.63. The van der Waals surface area contributed by atoms with Gasteiger partial charge in [0.25, 0.3) is 0 Å². The zero-order valence-corrected chi connectivity index (χ0v) is 11.2. The largest absolute Gasteiger partial charge is 0.370 e. The summed E-state index contributed by atoms with van der Waals surface area (Å²) < 4.78 is 0. The quantitative estimate of drug-likeness (QED) is 0.446. The first-order valence-corrected chi connectivity index (χ1v) is 5.63. The van der Waals surface area contributed by atoms with Crippen LogP contribution >= 0.6 is 0 Å². The third-order valence-corrected chi connectivity index (χ3v) is 2.47. The molecule has 0 saturated heterocycles. The van der Waals surface area contributed by atoms with E-state index in [0.29, 0.717) is 17.5 Å². The molecule has 0 aliphatic carbocycles. The molecule has 1 aromatic heterocycles. The van der Waals surface area contributed by atoms with Crippen LogP contribution in [0.2, 0.25) is 0 Å². The maximum absolute atomic E-state index is 11.0. The molecule has 100 valence electrons. The molecule has 1 aromatic rings. The van der Waals surface area contributed by atoms with Crippen LogP contribution in [-0.4, -0.2) is 21.4 Å². The number of aromatic nitrogens is 2. The summed E-state index contributed by atoms with van der Waals surface area (Å²) in [5.74, 6) is 6.81. The number of carbonyl (C=O) groups excluding carboxylic acids is 1. The van der Waals surface area contributed by atoms with Crippen molar-refractivity contribution in [2.24, 2.45) is 11.6 Å². The zero-order valence-electron chi connectivity index (χ0n) is 11.2. The van der Waals surface area contributed by atoms with Crippen molar-refractivity contribution in [3.8, 4) is 0 Å². The molecule has 7 nitrogen and oxygen atoms in total. The van der Waals surface area contributed by atoms with E-state index in [1.807, 2.05) is 20.8 Å². The third kappa shape index (κ3) is 3.56. The van der Waals surface area contributed by atoms with Crippen molar-refractivity contribution in [3.63, 3.8) is 0 Å². The average molecular weight is 252 g/mol. The lowest BCUT2D eigenvalue weighted by atomic mass is 10.00. The van der Waals surface area contributed by atoms with Gasteiger partial charge in [-0.05, 0) is 27.7 Å². The number of carbonyl (C=O) groups is 1. The van der Waals surface area contributed by atoms with Crippen LogP contribution < -0.4 is 22.3 Å². The number of aryl methyl sites for hydroxylation is 1. The molecule has 0 aliphatic heterocycles. The van der Waals surface area contributed by atoms with Gasteiger partial charge in [-0.15, -0.1) is 0 Å². The Hall–Kier alpha value is -1.89. The van der Waals surface area contributed by atoms with E-state index in [4.69, 9.17) is 11.6 Å². The molecule has 0 saturated carbocycles. The molecule has 1 amide bonds. The van der Waals surface area contributed by atoms with Crippen LogP contribution in [0.15, 0.2) is 0 Å². The van der Waals surface area contributed by atoms with E-state index in [0.717, 1.165) is 5.56 Å². The van der Waals surface area contributed by atoms with E-state index >= 15 is 0 Å². The molecule has 0 aromatic carbocycles. The van der Waals surface area contributed by atoms with Crippen molar-refractivity contribution >= 4 is 17.5 Å². The minimum absolute atomic E-state index is 0.209. The molecule has 18 heavy (non-hydrogen) atoms. The van der Waals surface area contributed by atoms with Gasteiger partial charge in [-0.25, -0.2) is 15.8 Å². The predicted octanol–water partition coefficient (Wildman–Crippen LogP) is 0.445. The molecule has 1 heterocycles. The van der Waals surface area contributed by atoms with E-state index in [2.05, 4.69) is 20.7 Å². The van der Waals surface area contributed by atoms with E-state index < -0.39 is 5.54 Å². The molecule has 0 unspecified atom stereocenters. The van der Waals surface area contributed by atoms with Gasteiger partial charge < -0.3 is 16.5 Å². The Balaban J connectivity index is 3.03. The molecular weight excluding hydrogens is 232 g/mol. The van der Waals surface area contributed by atoms with Crippen molar-refractivity contribution < 1.29 is 4.79 Å². The standard InChI is InChI=1S/C11H20N6O/c1-6-9(14-7(2)15-10(6)17-13)16-11(3,4)5-8(12)18/h5,13H2,1-4H3,(H2,12,18)(H2,14,15,16,17). The Labute approximate surface area is 106 Å². The van der Waals surface area contributed by atoms with Crippen molar-refractivity contribution in [2.75, 3.05) is 10.7 Å². The summed E-state index contributed by atoms with van der Waals surface area (Å²) in [6.07, 6.45) is 0.209. The molecular formula is C11H20N6O. The molecule has 6 N–H and O–H groups in total. The number of hydrazine groups is 1.